The Hall–Kier alpha value is -2.18. The molecule has 1 aromatic carbocycles. The molecule has 21 heavy (non-hydrogen) atoms. The van der Waals surface area contributed by atoms with E-state index in [0.29, 0.717) is 0 Å². The lowest BCUT2D eigenvalue weighted by Gasteiger charge is -2.26. The highest BCUT2D eigenvalue weighted by Crippen LogP contribution is 2.31. The number of benzene rings is 1. The molecular weight excluding hydrogens is 283 g/mol. The number of aryl methyl sites for hydroxylation is 1. The minimum atomic E-state index is -4.66. The Balaban J connectivity index is 1.85. The molecule has 0 amide bonds. The van der Waals surface area contributed by atoms with Gasteiger partial charge in [0.2, 0.25) is 0 Å². The van der Waals surface area contributed by atoms with E-state index in [1.54, 1.807) is 12.1 Å². The van der Waals surface area contributed by atoms with Crippen LogP contribution in [0.15, 0.2) is 30.3 Å². The molecule has 1 unspecified atom stereocenters. The molecule has 0 fully saturated rings. The predicted octanol–water partition coefficient (Wildman–Crippen LogP) is 3.50. The zero-order valence-electron chi connectivity index (χ0n) is 11.3. The van der Waals surface area contributed by atoms with Gasteiger partial charge in [0.1, 0.15) is 11.6 Å². The van der Waals surface area contributed by atoms with Crippen LogP contribution in [0.25, 0.3) is 0 Å². The highest BCUT2D eigenvalue weighted by atomic mass is 19.4. The Kier molecular flexibility index (Phi) is 3.27. The molecule has 0 saturated carbocycles. The quantitative estimate of drug-likeness (QED) is 0.922. The number of rotatable bonds is 2. The van der Waals surface area contributed by atoms with Crippen LogP contribution in [0.1, 0.15) is 23.7 Å². The fourth-order valence-electron chi connectivity index (χ4n) is 2.55. The van der Waals surface area contributed by atoms with Crippen molar-refractivity contribution in [3.8, 4) is 5.75 Å². The molecule has 4 nitrogen and oxygen atoms in total. The first-order valence-electron chi connectivity index (χ1n) is 6.58. The van der Waals surface area contributed by atoms with Gasteiger partial charge in [-0.1, -0.05) is 12.1 Å². The average Bonchev–Trinajstić information content (AvgIpc) is 2.78. The number of anilines is 1. The number of halogens is 3. The minimum absolute atomic E-state index is 0.0230. The number of fused-ring (bicyclic) bond motifs is 1. The summed E-state index contributed by atoms with van der Waals surface area (Å²) in [6, 6.07) is 7.94. The number of alkyl halides is 3. The smallest absolute Gasteiger partial charge is 0.406 e. The van der Waals surface area contributed by atoms with Crippen LogP contribution in [0, 0.1) is 6.92 Å². The molecule has 0 aliphatic carbocycles. The number of aromatic nitrogens is 2. The largest absolute Gasteiger partial charge is 0.573 e. The molecule has 1 atom stereocenters. The van der Waals surface area contributed by atoms with Gasteiger partial charge in [-0.05, 0) is 31.0 Å². The number of nitrogens with zero attached hydrogens (tertiary/aromatic N) is 2. The van der Waals surface area contributed by atoms with E-state index < -0.39 is 6.36 Å². The van der Waals surface area contributed by atoms with Crippen LogP contribution in [0.3, 0.4) is 0 Å². The Bertz CT molecular complexity index is 634. The molecular formula is C14H14F3N3O. The van der Waals surface area contributed by atoms with Crippen molar-refractivity contribution >= 4 is 5.82 Å². The topological polar surface area (TPSA) is 39.1 Å². The molecule has 0 bridgehead atoms. The summed E-state index contributed by atoms with van der Waals surface area (Å²) in [5.74, 6) is 0.719. The third-order valence-corrected chi connectivity index (χ3v) is 3.38. The fourth-order valence-corrected chi connectivity index (χ4v) is 2.55. The van der Waals surface area contributed by atoms with E-state index in [1.807, 2.05) is 17.7 Å². The van der Waals surface area contributed by atoms with Gasteiger partial charge in [0.05, 0.1) is 11.7 Å². The average molecular weight is 297 g/mol. The van der Waals surface area contributed by atoms with Crippen molar-refractivity contribution < 1.29 is 17.9 Å². The summed E-state index contributed by atoms with van der Waals surface area (Å²) in [4.78, 5) is 0. The van der Waals surface area contributed by atoms with Crippen molar-refractivity contribution in [2.45, 2.75) is 25.7 Å². The maximum atomic E-state index is 12.2. The molecule has 0 saturated heterocycles. The van der Waals surface area contributed by atoms with Gasteiger partial charge in [-0.25, -0.2) is 4.68 Å². The van der Waals surface area contributed by atoms with Gasteiger partial charge in [0, 0.05) is 12.6 Å². The van der Waals surface area contributed by atoms with Gasteiger partial charge in [-0.2, -0.15) is 5.10 Å². The van der Waals surface area contributed by atoms with Gasteiger partial charge < -0.3 is 10.1 Å². The zero-order chi connectivity index (χ0) is 15.0. The number of hydrogen-bond donors (Lipinski definition) is 1. The second-order valence-electron chi connectivity index (χ2n) is 4.96. The number of hydrogen-bond acceptors (Lipinski definition) is 3. The summed E-state index contributed by atoms with van der Waals surface area (Å²) in [7, 11) is 0. The van der Waals surface area contributed by atoms with E-state index in [2.05, 4.69) is 15.2 Å². The zero-order valence-corrected chi connectivity index (χ0v) is 11.3. The molecule has 2 heterocycles. The van der Waals surface area contributed by atoms with E-state index in [9.17, 15) is 13.2 Å². The Labute approximate surface area is 119 Å². The second kappa shape index (κ2) is 4.98. The maximum Gasteiger partial charge on any atom is 0.573 e. The van der Waals surface area contributed by atoms with E-state index in [4.69, 9.17) is 0 Å². The summed E-state index contributed by atoms with van der Waals surface area (Å²) in [6.45, 7) is 2.71. The lowest BCUT2D eigenvalue weighted by Crippen LogP contribution is -2.24. The standard InChI is InChI=1S/C14H14F3N3O/c1-9-8-13-18-7-6-12(20(13)19-9)10-2-4-11(5-3-10)21-14(15,16)17/h2-5,8,12,18H,6-7H2,1H3. The first-order valence-corrected chi connectivity index (χ1v) is 6.58. The summed E-state index contributed by atoms with van der Waals surface area (Å²) in [6.07, 6.45) is -3.84. The Morgan fingerprint density at radius 2 is 2.00 bits per heavy atom. The van der Waals surface area contributed by atoms with Crippen LogP contribution in [0.4, 0.5) is 19.0 Å². The van der Waals surface area contributed by atoms with Crippen LogP contribution in [0.5, 0.6) is 5.75 Å². The number of ether oxygens (including phenoxy) is 1. The first-order chi connectivity index (χ1) is 9.92. The predicted molar refractivity (Wildman–Crippen MR) is 71.3 cm³/mol. The van der Waals surface area contributed by atoms with E-state index in [-0.39, 0.29) is 11.8 Å². The summed E-state index contributed by atoms with van der Waals surface area (Å²) in [5, 5.41) is 7.69. The summed E-state index contributed by atoms with van der Waals surface area (Å²) < 4.78 is 42.2. The van der Waals surface area contributed by atoms with Crippen molar-refractivity contribution in [3.05, 3.63) is 41.6 Å². The normalized spacial score (nSPS) is 18.0. The van der Waals surface area contributed by atoms with Crippen molar-refractivity contribution in [2.75, 3.05) is 11.9 Å². The molecule has 0 radical (unpaired) electrons. The maximum absolute atomic E-state index is 12.2. The summed E-state index contributed by atoms with van der Waals surface area (Å²) in [5.41, 5.74) is 1.82. The fraction of sp³-hybridized carbons (Fsp3) is 0.357. The van der Waals surface area contributed by atoms with Gasteiger partial charge in [-0.15, -0.1) is 13.2 Å². The van der Waals surface area contributed by atoms with Crippen LogP contribution < -0.4 is 10.1 Å². The molecule has 2 aromatic rings. The van der Waals surface area contributed by atoms with E-state index in [0.717, 1.165) is 30.0 Å². The van der Waals surface area contributed by atoms with Gasteiger partial charge in [-0.3, -0.25) is 0 Å². The van der Waals surface area contributed by atoms with Gasteiger partial charge in [0.15, 0.2) is 0 Å². The van der Waals surface area contributed by atoms with Gasteiger partial charge >= 0.3 is 6.36 Å². The molecule has 0 spiro atoms. The monoisotopic (exact) mass is 297 g/mol. The molecule has 7 heteroatoms. The SMILES string of the molecule is Cc1cc2n(n1)C(c1ccc(OC(F)(F)F)cc1)CCN2. The molecule has 1 aliphatic rings. The molecule has 1 N–H and O–H groups in total. The van der Waals surface area contributed by atoms with Crippen LogP contribution >= 0.6 is 0 Å². The van der Waals surface area contributed by atoms with Crippen LogP contribution in [-0.2, 0) is 0 Å². The van der Waals surface area contributed by atoms with E-state index >= 15 is 0 Å². The lowest BCUT2D eigenvalue weighted by atomic mass is 10.0. The van der Waals surface area contributed by atoms with Crippen molar-refractivity contribution in [1.82, 2.24) is 9.78 Å². The highest BCUT2D eigenvalue weighted by Gasteiger charge is 2.31. The summed E-state index contributed by atoms with van der Waals surface area (Å²) >= 11 is 0. The molecule has 1 aliphatic heterocycles. The van der Waals surface area contributed by atoms with Crippen molar-refractivity contribution in [1.29, 1.82) is 0 Å². The Morgan fingerprint density at radius 3 is 2.67 bits per heavy atom. The van der Waals surface area contributed by atoms with Crippen LogP contribution in [0.2, 0.25) is 0 Å². The minimum Gasteiger partial charge on any atom is -0.406 e. The molecule has 112 valence electrons. The molecule has 3 rings (SSSR count). The van der Waals surface area contributed by atoms with Gasteiger partial charge in [0.25, 0.3) is 0 Å². The van der Waals surface area contributed by atoms with Crippen molar-refractivity contribution in [3.63, 3.8) is 0 Å². The first kappa shape index (κ1) is 13.8. The lowest BCUT2D eigenvalue weighted by molar-refractivity contribution is -0.274. The van der Waals surface area contributed by atoms with E-state index in [1.165, 1.54) is 12.1 Å². The van der Waals surface area contributed by atoms with Crippen molar-refractivity contribution in [2.24, 2.45) is 0 Å². The number of nitrogens with one attached hydrogen (secondary N) is 1. The second-order valence-corrected chi connectivity index (χ2v) is 4.96. The van der Waals surface area contributed by atoms with Crippen LogP contribution in [-0.4, -0.2) is 22.7 Å². The molecule has 1 aromatic heterocycles. The Morgan fingerprint density at radius 1 is 1.29 bits per heavy atom. The third-order valence-electron chi connectivity index (χ3n) is 3.38. The third kappa shape index (κ3) is 2.96. The highest BCUT2D eigenvalue weighted by molar-refractivity contribution is 5.41.